The molecule has 0 aromatic rings. The van der Waals surface area contributed by atoms with E-state index in [2.05, 4.69) is 0 Å². The Hall–Kier alpha value is -1.11. The minimum atomic E-state index is -3.00. The second-order valence-electron chi connectivity index (χ2n) is 4.31. The summed E-state index contributed by atoms with van der Waals surface area (Å²) in [5, 5.41) is 8.44. The number of carboxylic acid groups (broad SMARTS) is 1. The number of carbonyl (C=O) groups excluding carboxylic acids is 1. The number of aliphatic carboxylic acids is 1. The van der Waals surface area contributed by atoms with Gasteiger partial charge >= 0.3 is 5.97 Å². The first-order valence-corrected chi connectivity index (χ1v) is 7.32. The van der Waals surface area contributed by atoms with Crippen LogP contribution in [-0.2, 0) is 19.4 Å². The van der Waals surface area contributed by atoms with Crippen LogP contribution < -0.4 is 0 Å². The van der Waals surface area contributed by atoms with E-state index in [0.717, 1.165) is 0 Å². The van der Waals surface area contributed by atoms with Gasteiger partial charge in [-0.25, -0.2) is 8.42 Å². The Morgan fingerprint density at radius 3 is 2.47 bits per heavy atom. The molecule has 1 unspecified atom stereocenters. The highest BCUT2D eigenvalue weighted by Crippen LogP contribution is 2.17. The number of carboxylic acids is 1. The number of rotatable bonds is 5. The molecule has 1 rings (SSSR count). The van der Waals surface area contributed by atoms with Crippen molar-refractivity contribution < 1.29 is 23.1 Å². The zero-order valence-corrected chi connectivity index (χ0v) is 10.6. The van der Waals surface area contributed by atoms with Crippen molar-refractivity contribution in [1.29, 1.82) is 0 Å². The largest absolute Gasteiger partial charge is 0.481 e. The predicted molar refractivity (Wildman–Crippen MR) is 61.3 cm³/mol. The average molecular weight is 263 g/mol. The third-order valence-corrected chi connectivity index (χ3v) is 4.68. The summed E-state index contributed by atoms with van der Waals surface area (Å²) in [6.45, 7) is 0. The molecule has 1 saturated heterocycles. The lowest BCUT2D eigenvalue weighted by Gasteiger charge is -2.23. The minimum Gasteiger partial charge on any atom is -0.481 e. The van der Waals surface area contributed by atoms with Gasteiger partial charge in [0.25, 0.3) is 0 Å². The Labute approximate surface area is 101 Å². The first kappa shape index (κ1) is 14.0. The van der Waals surface area contributed by atoms with Crippen LogP contribution in [0.4, 0.5) is 0 Å². The highest BCUT2D eigenvalue weighted by atomic mass is 32.2. The lowest BCUT2D eigenvalue weighted by atomic mass is 10.2. The molecule has 0 aromatic carbocycles. The highest BCUT2D eigenvalue weighted by molar-refractivity contribution is 7.91. The predicted octanol–water partition coefficient (Wildman–Crippen LogP) is -0.113. The maximum atomic E-state index is 11.7. The Bertz CT molecular complexity index is 403. The third kappa shape index (κ3) is 4.33. The molecule has 0 spiro atoms. The summed E-state index contributed by atoms with van der Waals surface area (Å²) in [5.74, 6) is -0.962. The minimum absolute atomic E-state index is 0.0220. The number of sulfone groups is 1. The van der Waals surface area contributed by atoms with E-state index in [4.69, 9.17) is 5.11 Å². The lowest BCUT2D eigenvalue weighted by molar-refractivity contribution is -0.137. The lowest BCUT2D eigenvalue weighted by Crippen LogP contribution is -2.37. The molecular formula is C10H17NO5S. The van der Waals surface area contributed by atoms with Crippen LogP contribution in [0.3, 0.4) is 0 Å². The van der Waals surface area contributed by atoms with Crippen molar-refractivity contribution in [2.24, 2.45) is 0 Å². The molecule has 1 amide bonds. The van der Waals surface area contributed by atoms with Crippen LogP contribution in [0.15, 0.2) is 0 Å². The molecule has 7 heteroatoms. The first-order chi connectivity index (χ1) is 7.82. The molecule has 1 atom stereocenters. The van der Waals surface area contributed by atoms with Gasteiger partial charge in [0, 0.05) is 25.9 Å². The summed E-state index contributed by atoms with van der Waals surface area (Å²) in [5.41, 5.74) is 0. The topological polar surface area (TPSA) is 91.8 Å². The summed E-state index contributed by atoms with van der Waals surface area (Å²) in [4.78, 5) is 23.4. The number of hydrogen-bond donors (Lipinski definition) is 1. The molecule has 6 nitrogen and oxygen atoms in total. The number of hydrogen-bond acceptors (Lipinski definition) is 4. The van der Waals surface area contributed by atoms with Gasteiger partial charge in [-0.1, -0.05) is 0 Å². The average Bonchev–Trinajstić information content (AvgIpc) is 2.57. The Morgan fingerprint density at radius 2 is 2.00 bits per heavy atom. The maximum Gasteiger partial charge on any atom is 0.303 e. The van der Waals surface area contributed by atoms with E-state index in [0.29, 0.717) is 6.42 Å². The fraction of sp³-hybridized carbons (Fsp3) is 0.800. The first-order valence-electron chi connectivity index (χ1n) is 5.50. The van der Waals surface area contributed by atoms with Gasteiger partial charge in [-0.15, -0.1) is 0 Å². The molecule has 0 bridgehead atoms. The Balaban J connectivity index is 2.40. The molecule has 0 radical (unpaired) electrons. The number of nitrogens with zero attached hydrogens (tertiary/aromatic N) is 1. The molecule has 1 fully saturated rings. The fourth-order valence-corrected chi connectivity index (χ4v) is 3.63. The molecule has 0 saturated carbocycles. The van der Waals surface area contributed by atoms with Gasteiger partial charge in [-0.3, -0.25) is 9.59 Å². The molecule has 1 N–H and O–H groups in total. The van der Waals surface area contributed by atoms with E-state index in [1.807, 2.05) is 0 Å². The quantitative estimate of drug-likeness (QED) is 0.747. The molecule has 0 aromatic heterocycles. The zero-order valence-electron chi connectivity index (χ0n) is 9.76. The van der Waals surface area contributed by atoms with Crippen molar-refractivity contribution in [2.45, 2.75) is 31.7 Å². The van der Waals surface area contributed by atoms with Crippen LogP contribution >= 0.6 is 0 Å². The van der Waals surface area contributed by atoms with Crippen molar-refractivity contribution >= 4 is 21.7 Å². The van der Waals surface area contributed by atoms with Gasteiger partial charge in [-0.2, -0.15) is 0 Å². The van der Waals surface area contributed by atoms with Gasteiger partial charge in [0.1, 0.15) is 0 Å². The molecule has 1 heterocycles. The number of carbonyl (C=O) groups is 2. The van der Waals surface area contributed by atoms with E-state index < -0.39 is 15.8 Å². The van der Waals surface area contributed by atoms with Gasteiger partial charge in [0.05, 0.1) is 11.5 Å². The van der Waals surface area contributed by atoms with Gasteiger partial charge < -0.3 is 10.0 Å². The van der Waals surface area contributed by atoms with Crippen molar-refractivity contribution in [2.75, 3.05) is 18.6 Å². The van der Waals surface area contributed by atoms with E-state index in [1.54, 1.807) is 7.05 Å². The Morgan fingerprint density at radius 1 is 1.35 bits per heavy atom. The molecule has 98 valence electrons. The fourth-order valence-electron chi connectivity index (χ4n) is 1.85. The second-order valence-corrected chi connectivity index (χ2v) is 6.54. The third-order valence-electron chi connectivity index (χ3n) is 2.93. The van der Waals surface area contributed by atoms with E-state index in [9.17, 15) is 18.0 Å². The van der Waals surface area contributed by atoms with Gasteiger partial charge in [0.15, 0.2) is 9.84 Å². The van der Waals surface area contributed by atoms with Crippen LogP contribution in [0, 0.1) is 0 Å². The summed E-state index contributed by atoms with van der Waals surface area (Å²) in [6.07, 6.45) is 0.878. The van der Waals surface area contributed by atoms with Crippen LogP contribution in [0.2, 0.25) is 0 Å². The van der Waals surface area contributed by atoms with Crippen LogP contribution in [0.25, 0.3) is 0 Å². The molecule has 1 aliphatic heterocycles. The van der Waals surface area contributed by atoms with Crippen molar-refractivity contribution in [3.8, 4) is 0 Å². The van der Waals surface area contributed by atoms with Gasteiger partial charge in [-0.05, 0) is 12.8 Å². The highest BCUT2D eigenvalue weighted by Gasteiger charge is 2.32. The monoisotopic (exact) mass is 263 g/mol. The molecule has 1 aliphatic rings. The van der Waals surface area contributed by atoms with Crippen molar-refractivity contribution in [3.63, 3.8) is 0 Å². The van der Waals surface area contributed by atoms with Gasteiger partial charge in [0.2, 0.25) is 5.91 Å². The molecule has 17 heavy (non-hydrogen) atoms. The molecular weight excluding hydrogens is 246 g/mol. The van der Waals surface area contributed by atoms with Crippen LogP contribution in [0.1, 0.15) is 25.7 Å². The van der Waals surface area contributed by atoms with Crippen LogP contribution in [-0.4, -0.2) is 54.9 Å². The van der Waals surface area contributed by atoms with Crippen molar-refractivity contribution in [1.82, 2.24) is 4.90 Å². The second kappa shape index (κ2) is 5.48. The van der Waals surface area contributed by atoms with Crippen molar-refractivity contribution in [3.05, 3.63) is 0 Å². The Kier molecular flexibility index (Phi) is 4.50. The normalized spacial score (nSPS) is 22.3. The SMILES string of the molecule is CN(C(=O)CCCC(=O)O)C1CCS(=O)(=O)C1. The summed E-state index contributed by atoms with van der Waals surface area (Å²) < 4.78 is 22.5. The zero-order chi connectivity index (χ0) is 13.1. The molecule has 0 aliphatic carbocycles. The summed E-state index contributed by atoms with van der Waals surface area (Å²) in [7, 11) is -1.42. The van der Waals surface area contributed by atoms with E-state index >= 15 is 0 Å². The summed E-state index contributed by atoms with van der Waals surface area (Å²) >= 11 is 0. The maximum absolute atomic E-state index is 11.7. The standard InChI is InChI=1S/C10H17NO5S/c1-11(8-5-6-17(15,16)7-8)9(12)3-2-4-10(13)14/h8H,2-7H2,1H3,(H,13,14). The smallest absolute Gasteiger partial charge is 0.303 e. The van der Waals surface area contributed by atoms with E-state index in [1.165, 1.54) is 4.90 Å². The van der Waals surface area contributed by atoms with Crippen LogP contribution in [0.5, 0.6) is 0 Å². The van der Waals surface area contributed by atoms with E-state index in [-0.39, 0.29) is 42.7 Å². The number of amides is 1. The summed E-state index contributed by atoms with van der Waals surface area (Å²) in [6, 6.07) is -0.252.